The Bertz CT molecular complexity index is 599. The van der Waals surface area contributed by atoms with Crippen molar-refractivity contribution in [1.82, 2.24) is 9.88 Å². The predicted molar refractivity (Wildman–Crippen MR) is 62.9 cm³/mol. The van der Waals surface area contributed by atoms with Crippen LogP contribution in [0.1, 0.15) is 16.1 Å². The Balaban J connectivity index is 2.10. The molecular formula is C13H11F3N2O. The molecule has 1 N–H and O–H groups in total. The van der Waals surface area contributed by atoms with Gasteiger partial charge in [-0.05, 0) is 24.3 Å². The van der Waals surface area contributed by atoms with Gasteiger partial charge in [0.15, 0.2) is 17.5 Å². The minimum Gasteiger partial charge on any atom is -0.353 e. The number of aromatic nitrogens is 1. The van der Waals surface area contributed by atoms with Gasteiger partial charge in [-0.3, -0.25) is 4.79 Å². The average molecular weight is 268 g/mol. The second kappa shape index (κ2) is 5.17. The third-order valence-corrected chi connectivity index (χ3v) is 2.73. The van der Waals surface area contributed by atoms with Crippen LogP contribution in [0.3, 0.4) is 0 Å². The molecule has 0 saturated heterocycles. The van der Waals surface area contributed by atoms with E-state index in [1.165, 1.54) is 0 Å². The van der Waals surface area contributed by atoms with Gasteiger partial charge in [0.05, 0.1) is 6.54 Å². The summed E-state index contributed by atoms with van der Waals surface area (Å²) in [6.07, 6.45) is 1.80. The fourth-order valence-corrected chi connectivity index (χ4v) is 1.64. The third kappa shape index (κ3) is 2.78. The lowest BCUT2D eigenvalue weighted by Gasteiger charge is -2.07. The summed E-state index contributed by atoms with van der Waals surface area (Å²) in [6, 6.07) is 4.93. The first-order valence-corrected chi connectivity index (χ1v) is 5.52. The summed E-state index contributed by atoms with van der Waals surface area (Å²) in [5.74, 6) is -5.02. The van der Waals surface area contributed by atoms with Crippen LogP contribution in [0.15, 0.2) is 30.5 Å². The topological polar surface area (TPSA) is 34.0 Å². The monoisotopic (exact) mass is 268 g/mol. The summed E-state index contributed by atoms with van der Waals surface area (Å²) in [7, 11) is 1.80. The maximum atomic E-state index is 13.0. The molecule has 19 heavy (non-hydrogen) atoms. The van der Waals surface area contributed by atoms with E-state index in [1.54, 1.807) is 29.9 Å². The van der Waals surface area contributed by atoms with E-state index in [2.05, 4.69) is 5.32 Å². The van der Waals surface area contributed by atoms with Crippen LogP contribution in [0, 0.1) is 17.5 Å². The van der Waals surface area contributed by atoms with E-state index in [0.717, 1.165) is 5.69 Å². The molecule has 0 radical (unpaired) electrons. The lowest BCUT2D eigenvalue weighted by Crippen LogP contribution is -2.24. The van der Waals surface area contributed by atoms with Crippen molar-refractivity contribution in [3.8, 4) is 0 Å². The maximum absolute atomic E-state index is 13.0. The molecule has 1 amide bonds. The van der Waals surface area contributed by atoms with Crippen molar-refractivity contribution in [1.29, 1.82) is 0 Å². The number of halogens is 3. The molecule has 0 saturated carbocycles. The number of hydrogen-bond donors (Lipinski definition) is 1. The summed E-state index contributed by atoms with van der Waals surface area (Å²) in [4.78, 5) is 11.7. The van der Waals surface area contributed by atoms with E-state index in [1.807, 2.05) is 0 Å². The number of rotatable bonds is 3. The summed E-state index contributed by atoms with van der Waals surface area (Å²) >= 11 is 0. The van der Waals surface area contributed by atoms with Gasteiger partial charge in [0, 0.05) is 24.5 Å². The van der Waals surface area contributed by atoms with Gasteiger partial charge in [0.2, 0.25) is 0 Å². The predicted octanol–water partition coefficient (Wildman–Crippen LogP) is 2.37. The van der Waals surface area contributed by atoms with Crippen molar-refractivity contribution in [3.63, 3.8) is 0 Å². The maximum Gasteiger partial charge on any atom is 0.251 e. The van der Waals surface area contributed by atoms with Gasteiger partial charge in [-0.1, -0.05) is 0 Å². The first-order valence-electron chi connectivity index (χ1n) is 5.52. The van der Waals surface area contributed by atoms with Gasteiger partial charge >= 0.3 is 0 Å². The van der Waals surface area contributed by atoms with Crippen molar-refractivity contribution in [2.45, 2.75) is 6.54 Å². The highest BCUT2D eigenvalue weighted by molar-refractivity contribution is 5.94. The number of aryl methyl sites for hydroxylation is 1. The van der Waals surface area contributed by atoms with Gasteiger partial charge in [0.25, 0.3) is 5.91 Å². The van der Waals surface area contributed by atoms with Crippen molar-refractivity contribution in [2.24, 2.45) is 7.05 Å². The molecule has 0 fully saturated rings. The fourth-order valence-electron chi connectivity index (χ4n) is 1.64. The number of benzene rings is 1. The van der Waals surface area contributed by atoms with Crippen LogP contribution < -0.4 is 5.32 Å². The summed E-state index contributed by atoms with van der Waals surface area (Å²) in [5.41, 5.74) is 0.571. The molecule has 2 aromatic rings. The number of hydrogen-bond acceptors (Lipinski definition) is 1. The number of nitrogens with one attached hydrogen (secondary N) is 1. The average Bonchev–Trinajstić information content (AvgIpc) is 2.78. The van der Waals surface area contributed by atoms with Gasteiger partial charge in [-0.2, -0.15) is 0 Å². The molecular weight excluding hydrogens is 257 g/mol. The Hall–Kier alpha value is -2.24. The lowest BCUT2D eigenvalue weighted by molar-refractivity contribution is 0.0949. The van der Waals surface area contributed by atoms with Crippen molar-refractivity contribution >= 4 is 5.91 Å². The second-order valence-corrected chi connectivity index (χ2v) is 4.05. The van der Waals surface area contributed by atoms with E-state index in [4.69, 9.17) is 0 Å². The molecule has 0 aliphatic heterocycles. The first-order chi connectivity index (χ1) is 8.99. The zero-order valence-electron chi connectivity index (χ0n) is 10.1. The second-order valence-electron chi connectivity index (χ2n) is 4.05. The molecule has 0 atom stereocenters. The van der Waals surface area contributed by atoms with E-state index in [-0.39, 0.29) is 12.1 Å². The molecule has 0 aliphatic rings. The molecule has 2 rings (SSSR count). The molecule has 1 heterocycles. The van der Waals surface area contributed by atoms with Crippen molar-refractivity contribution < 1.29 is 18.0 Å². The van der Waals surface area contributed by atoms with E-state index in [9.17, 15) is 18.0 Å². The summed E-state index contributed by atoms with van der Waals surface area (Å²) < 4.78 is 40.5. The van der Waals surface area contributed by atoms with Crippen LogP contribution in [0.5, 0.6) is 0 Å². The van der Waals surface area contributed by atoms with E-state index in [0.29, 0.717) is 12.1 Å². The van der Waals surface area contributed by atoms with Crippen LogP contribution in [0.25, 0.3) is 0 Å². The van der Waals surface area contributed by atoms with Crippen molar-refractivity contribution in [3.05, 3.63) is 59.2 Å². The van der Waals surface area contributed by atoms with Gasteiger partial charge in [-0.25, -0.2) is 13.2 Å². The summed E-state index contributed by atoms with van der Waals surface area (Å²) in [6.45, 7) is 0.211. The molecule has 0 aliphatic carbocycles. The lowest BCUT2D eigenvalue weighted by atomic mass is 10.2. The number of nitrogens with zero attached hydrogens (tertiary/aromatic N) is 1. The standard InChI is InChI=1S/C13H11F3N2O/c1-18-4-2-3-9(18)7-17-13(19)8-5-10(14)12(16)11(15)6-8/h2-6H,7H2,1H3,(H,17,19). The molecule has 1 aromatic carbocycles. The number of carbonyl (C=O) groups is 1. The van der Waals surface area contributed by atoms with Crippen LogP contribution >= 0.6 is 0 Å². The van der Waals surface area contributed by atoms with E-state index < -0.39 is 23.4 Å². The van der Waals surface area contributed by atoms with E-state index >= 15 is 0 Å². The van der Waals surface area contributed by atoms with Gasteiger partial charge in [0.1, 0.15) is 0 Å². The van der Waals surface area contributed by atoms with Crippen LogP contribution in [-0.4, -0.2) is 10.5 Å². The Morgan fingerprint density at radius 3 is 2.42 bits per heavy atom. The molecule has 100 valence electrons. The Labute approximate surface area is 107 Å². The SMILES string of the molecule is Cn1cccc1CNC(=O)c1cc(F)c(F)c(F)c1. The number of carbonyl (C=O) groups excluding carboxylic acids is 1. The Kier molecular flexibility index (Phi) is 3.59. The molecule has 0 spiro atoms. The molecule has 0 unspecified atom stereocenters. The summed E-state index contributed by atoms with van der Waals surface area (Å²) in [5, 5.41) is 2.50. The third-order valence-electron chi connectivity index (χ3n) is 2.73. The normalized spacial score (nSPS) is 10.5. The van der Waals surface area contributed by atoms with Crippen LogP contribution in [0.4, 0.5) is 13.2 Å². The highest BCUT2D eigenvalue weighted by atomic mass is 19.2. The largest absolute Gasteiger partial charge is 0.353 e. The molecule has 1 aromatic heterocycles. The Morgan fingerprint density at radius 2 is 1.89 bits per heavy atom. The Morgan fingerprint density at radius 1 is 1.26 bits per heavy atom. The molecule has 0 bridgehead atoms. The minimum absolute atomic E-state index is 0.211. The zero-order valence-corrected chi connectivity index (χ0v) is 10.1. The molecule has 3 nitrogen and oxygen atoms in total. The van der Waals surface area contributed by atoms with Crippen LogP contribution in [0.2, 0.25) is 0 Å². The minimum atomic E-state index is -1.58. The van der Waals surface area contributed by atoms with Crippen molar-refractivity contribution in [2.75, 3.05) is 0 Å². The number of amides is 1. The highest BCUT2D eigenvalue weighted by Crippen LogP contribution is 2.13. The molecule has 6 heteroatoms. The quantitative estimate of drug-likeness (QED) is 0.852. The van der Waals surface area contributed by atoms with Gasteiger partial charge in [-0.15, -0.1) is 0 Å². The highest BCUT2D eigenvalue weighted by Gasteiger charge is 2.15. The fraction of sp³-hybridized carbons (Fsp3) is 0.154. The van der Waals surface area contributed by atoms with Gasteiger partial charge < -0.3 is 9.88 Å². The first kappa shape index (κ1) is 13.2. The smallest absolute Gasteiger partial charge is 0.251 e. The zero-order chi connectivity index (χ0) is 14.0. The van der Waals surface area contributed by atoms with Crippen LogP contribution in [-0.2, 0) is 13.6 Å².